The number of hydrogen-bond acceptors (Lipinski definition) is 3. The molecule has 5 heteroatoms. The quantitative estimate of drug-likeness (QED) is 0.860. The summed E-state index contributed by atoms with van der Waals surface area (Å²) >= 11 is 3.51. The maximum atomic E-state index is 9.32. The van der Waals surface area contributed by atoms with E-state index in [9.17, 15) is 5.11 Å². The summed E-state index contributed by atoms with van der Waals surface area (Å²) in [6, 6.07) is 0.718. The van der Waals surface area contributed by atoms with Gasteiger partial charge in [0, 0.05) is 11.7 Å². The van der Waals surface area contributed by atoms with Crippen LogP contribution in [0, 0.1) is 13.8 Å². The molecule has 1 fully saturated rings. The average Bonchev–Trinajstić information content (AvgIpc) is 3.04. The maximum Gasteiger partial charge on any atom is 0.0738 e. The molecule has 1 atom stereocenters. The molecule has 90 valence electrons. The van der Waals surface area contributed by atoms with Crippen molar-refractivity contribution >= 4 is 15.9 Å². The van der Waals surface area contributed by atoms with Crippen LogP contribution in [0.15, 0.2) is 4.47 Å². The molecular formula is C11H18BrN3O. The van der Waals surface area contributed by atoms with Crippen LogP contribution in [0.1, 0.15) is 24.2 Å². The minimum atomic E-state index is 0.109. The van der Waals surface area contributed by atoms with Crippen LogP contribution >= 0.6 is 15.9 Å². The molecule has 0 amide bonds. The first-order chi connectivity index (χ1) is 7.61. The number of aliphatic hydroxyl groups is 1. The van der Waals surface area contributed by atoms with Crippen molar-refractivity contribution in [2.75, 3.05) is 6.61 Å². The molecule has 1 heterocycles. The van der Waals surface area contributed by atoms with Gasteiger partial charge in [-0.2, -0.15) is 5.10 Å². The Kier molecular flexibility index (Phi) is 3.66. The fourth-order valence-corrected chi connectivity index (χ4v) is 2.09. The van der Waals surface area contributed by atoms with E-state index in [0.29, 0.717) is 6.04 Å². The smallest absolute Gasteiger partial charge is 0.0738 e. The van der Waals surface area contributed by atoms with E-state index < -0.39 is 0 Å². The van der Waals surface area contributed by atoms with Gasteiger partial charge < -0.3 is 10.4 Å². The van der Waals surface area contributed by atoms with Gasteiger partial charge >= 0.3 is 0 Å². The van der Waals surface area contributed by atoms with Gasteiger partial charge in [-0.25, -0.2) is 0 Å². The van der Waals surface area contributed by atoms with Gasteiger partial charge in [-0.3, -0.25) is 4.68 Å². The monoisotopic (exact) mass is 287 g/mol. The number of hydrogen-bond donors (Lipinski definition) is 2. The van der Waals surface area contributed by atoms with Crippen molar-refractivity contribution in [2.24, 2.45) is 0 Å². The Labute approximate surface area is 104 Å². The Morgan fingerprint density at radius 3 is 2.69 bits per heavy atom. The Morgan fingerprint density at radius 1 is 1.56 bits per heavy atom. The van der Waals surface area contributed by atoms with E-state index in [0.717, 1.165) is 22.4 Å². The summed E-state index contributed by atoms with van der Waals surface area (Å²) in [5.74, 6) is 0. The molecule has 0 aliphatic heterocycles. The van der Waals surface area contributed by atoms with Crippen LogP contribution in [-0.4, -0.2) is 33.6 Å². The number of nitrogens with one attached hydrogen (secondary N) is 1. The van der Waals surface area contributed by atoms with Gasteiger partial charge in [0.25, 0.3) is 0 Å². The van der Waals surface area contributed by atoms with Crippen LogP contribution in [0.25, 0.3) is 0 Å². The number of rotatable bonds is 5. The number of aliphatic hydroxyl groups excluding tert-OH is 1. The average molecular weight is 288 g/mol. The molecule has 0 radical (unpaired) electrons. The summed E-state index contributed by atoms with van der Waals surface area (Å²) in [5.41, 5.74) is 2.12. The van der Waals surface area contributed by atoms with E-state index in [1.165, 1.54) is 12.8 Å². The normalized spacial score (nSPS) is 17.8. The largest absolute Gasteiger partial charge is 0.395 e. The highest BCUT2D eigenvalue weighted by molar-refractivity contribution is 9.10. The Morgan fingerprint density at radius 2 is 2.25 bits per heavy atom. The topological polar surface area (TPSA) is 50.1 Å². The van der Waals surface area contributed by atoms with Crippen LogP contribution in [0.5, 0.6) is 0 Å². The van der Waals surface area contributed by atoms with Crippen LogP contribution in [0.2, 0.25) is 0 Å². The zero-order valence-corrected chi connectivity index (χ0v) is 11.3. The molecular weight excluding hydrogens is 270 g/mol. The summed E-state index contributed by atoms with van der Waals surface area (Å²) < 4.78 is 3.02. The first-order valence-electron chi connectivity index (χ1n) is 5.68. The predicted octanol–water partition coefficient (Wildman–Crippen LogP) is 1.38. The van der Waals surface area contributed by atoms with E-state index in [-0.39, 0.29) is 12.6 Å². The van der Waals surface area contributed by atoms with Gasteiger partial charge in [-0.05, 0) is 42.6 Å². The standard InChI is InChI=1S/C11H18BrN3O/c1-7-11(12)8(2)15(14-7)5-10(6-16)13-9-3-4-9/h9-10,13,16H,3-6H2,1-2H3. The minimum Gasteiger partial charge on any atom is -0.395 e. The highest BCUT2D eigenvalue weighted by Crippen LogP contribution is 2.22. The van der Waals surface area contributed by atoms with Gasteiger partial charge in [0.05, 0.1) is 29.4 Å². The molecule has 1 aromatic rings. The lowest BCUT2D eigenvalue weighted by atomic mass is 10.3. The van der Waals surface area contributed by atoms with E-state index in [2.05, 4.69) is 26.3 Å². The lowest BCUT2D eigenvalue weighted by molar-refractivity contribution is 0.223. The molecule has 0 bridgehead atoms. The number of aromatic nitrogens is 2. The van der Waals surface area contributed by atoms with Gasteiger partial charge in [-0.15, -0.1) is 0 Å². The number of halogens is 1. The molecule has 0 spiro atoms. The molecule has 1 aliphatic carbocycles. The third-order valence-corrected chi connectivity index (χ3v) is 4.10. The van der Waals surface area contributed by atoms with Crippen molar-refractivity contribution < 1.29 is 5.11 Å². The molecule has 0 saturated heterocycles. The van der Waals surface area contributed by atoms with Gasteiger partial charge in [0.2, 0.25) is 0 Å². The van der Waals surface area contributed by atoms with E-state index in [4.69, 9.17) is 0 Å². The van der Waals surface area contributed by atoms with Crippen LogP contribution in [0.3, 0.4) is 0 Å². The second-order valence-corrected chi connectivity index (χ2v) is 5.28. The highest BCUT2D eigenvalue weighted by Gasteiger charge is 2.25. The minimum absolute atomic E-state index is 0.109. The lowest BCUT2D eigenvalue weighted by Crippen LogP contribution is -2.38. The van der Waals surface area contributed by atoms with Crippen molar-refractivity contribution in [2.45, 2.75) is 45.3 Å². The second kappa shape index (κ2) is 4.85. The third kappa shape index (κ3) is 2.64. The summed E-state index contributed by atoms with van der Waals surface area (Å²) in [5, 5.41) is 17.2. The lowest BCUT2D eigenvalue weighted by Gasteiger charge is -2.16. The van der Waals surface area contributed by atoms with E-state index in [1.54, 1.807) is 0 Å². The van der Waals surface area contributed by atoms with Crippen molar-refractivity contribution in [1.29, 1.82) is 0 Å². The van der Waals surface area contributed by atoms with Crippen molar-refractivity contribution in [3.63, 3.8) is 0 Å². The van der Waals surface area contributed by atoms with Crippen molar-refractivity contribution in [3.8, 4) is 0 Å². The molecule has 0 aromatic carbocycles. The van der Waals surface area contributed by atoms with Crippen LogP contribution < -0.4 is 5.32 Å². The molecule has 1 aromatic heterocycles. The summed E-state index contributed by atoms with van der Waals surface area (Å²) in [6.07, 6.45) is 2.47. The summed E-state index contributed by atoms with van der Waals surface area (Å²) in [6.45, 7) is 4.91. The van der Waals surface area contributed by atoms with Gasteiger partial charge in [0.1, 0.15) is 0 Å². The molecule has 2 N–H and O–H groups in total. The second-order valence-electron chi connectivity index (χ2n) is 4.49. The Bertz CT molecular complexity index is 374. The van der Waals surface area contributed by atoms with Gasteiger partial charge in [-0.1, -0.05) is 0 Å². The third-order valence-electron chi connectivity index (χ3n) is 2.96. The van der Waals surface area contributed by atoms with Gasteiger partial charge in [0.15, 0.2) is 0 Å². The first kappa shape index (κ1) is 12.1. The van der Waals surface area contributed by atoms with Crippen molar-refractivity contribution in [3.05, 3.63) is 15.9 Å². The van der Waals surface area contributed by atoms with E-state index in [1.807, 2.05) is 18.5 Å². The number of aryl methyl sites for hydroxylation is 1. The summed E-state index contributed by atoms with van der Waals surface area (Å²) in [4.78, 5) is 0. The SMILES string of the molecule is Cc1nn(CC(CO)NC2CC2)c(C)c1Br. The van der Waals surface area contributed by atoms with Crippen molar-refractivity contribution in [1.82, 2.24) is 15.1 Å². The van der Waals surface area contributed by atoms with Crippen LogP contribution in [0.4, 0.5) is 0 Å². The summed E-state index contributed by atoms with van der Waals surface area (Å²) in [7, 11) is 0. The number of nitrogens with zero attached hydrogens (tertiary/aromatic N) is 2. The fourth-order valence-electron chi connectivity index (χ4n) is 1.81. The Balaban J connectivity index is 2.02. The molecule has 4 nitrogen and oxygen atoms in total. The predicted molar refractivity (Wildman–Crippen MR) is 66.4 cm³/mol. The zero-order valence-electron chi connectivity index (χ0n) is 9.70. The van der Waals surface area contributed by atoms with E-state index >= 15 is 0 Å². The van der Waals surface area contributed by atoms with Crippen LogP contribution in [-0.2, 0) is 6.54 Å². The Hall–Kier alpha value is -0.390. The first-order valence-corrected chi connectivity index (χ1v) is 6.47. The molecule has 1 aliphatic rings. The zero-order chi connectivity index (χ0) is 11.7. The fraction of sp³-hybridized carbons (Fsp3) is 0.727. The maximum absolute atomic E-state index is 9.32. The molecule has 1 saturated carbocycles. The molecule has 1 unspecified atom stereocenters. The highest BCUT2D eigenvalue weighted by atomic mass is 79.9. The molecule has 2 rings (SSSR count). The molecule has 16 heavy (non-hydrogen) atoms.